The lowest BCUT2D eigenvalue weighted by Crippen LogP contribution is -2.41. The molecule has 2 rings (SSSR count). The first kappa shape index (κ1) is 16.2. The lowest BCUT2D eigenvalue weighted by atomic mass is 10.2. The summed E-state index contributed by atoms with van der Waals surface area (Å²) in [6.07, 6.45) is 0.363. The third kappa shape index (κ3) is 5.37. The van der Waals surface area contributed by atoms with E-state index in [1.54, 1.807) is 0 Å². The highest BCUT2D eigenvalue weighted by Gasteiger charge is 2.17. The summed E-state index contributed by atoms with van der Waals surface area (Å²) in [5, 5.41) is 6.73. The average Bonchev–Trinajstić information content (AvgIpc) is 2.39. The third-order valence-corrected chi connectivity index (χ3v) is 3.22. The van der Waals surface area contributed by atoms with E-state index in [1.807, 2.05) is 24.3 Å². The van der Waals surface area contributed by atoms with Gasteiger partial charge in [-0.2, -0.15) is 0 Å². The maximum atomic E-state index is 11.7. The highest BCUT2D eigenvalue weighted by Crippen LogP contribution is 2.14. The second-order valence-corrected chi connectivity index (χ2v) is 4.68. The first-order valence-electron chi connectivity index (χ1n) is 6.08. The second kappa shape index (κ2) is 8.38. The van der Waals surface area contributed by atoms with Crippen molar-refractivity contribution in [2.45, 2.75) is 19.1 Å². The molecule has 1 aliphatic rings. The molecule has 4 nitrogen and oxygen atoms in total. The summed E-state index contributed by atoms with van der Waals surface area (Å²) < 4.78 is 5.47. The van der Waals surface area contributed by atoms with Crippen LogP contribution in [0.1, 0.15) is 12.0 Å². The van der Waals surface area contributed by atoms with Gasteiger partial charge in [-0.05, 0) is 11.6 Å². The maximum absolute atomic E-state index is 11.7. The van der Waals surface area contributed by atoms with Crippen molar-refractivity contribution in [3.05, 3.63) is 34.9 Å². The highest BCUT2D eigenvalue weighted by atomic mass is 35.5. The lowest BCUT2D eigenvalue weighted by molar-refractivity contribution is -0.124. The summed E-state index contributed by atoms with van der Waals surface area (Å²) in [5.74, 6) is -0.0105. The van der Waals surface area contributed by atoms with Crippen LogP contribution in [0.25, 0.3) is 0 Å². The SMILES string of the molecule is Cl.O=C(CC1CNCCO1)NCc1ccccc1Cl. The predicted octanol–water partition coefficient (Wildman–Crippen LogP) is 1.76. The number of halogens is 2. The van der Waals surface area contributed by atoms with Gasteiger partial charge in [0.25, 0.3) is 0 Å². The van der Waals surface area contributed by atoms with E-state index in [1.165, 1.54) is 0 Å². The molecular weight excluding hydrogens is 287 g/mol. The van der Waals surface area contributed by atoms with Crippen LogP contribution in [0.5, 0.6) is 0 Å². The van der Waals surface area contributed by atoms with Gasteiger partial charge in [-0.3, -0.25) is 4.79 Å². The molecule has 1 saturated heterocycles. The molecule has 106 valence electrons. The summed E-state index contributed by atoms with van der Waals surface area (Å²) in [5.41, 5.74) is 0.926. The van der Waals surface area contributed by atoms with E-state index in [4.69, 9.17) is 16.3 Å². The van der Waals surface area contributed by atoms with E-state index in [2.05, 4.69) is 10.6 Å². The number of benzene rings is 1. The number of rotatable bonds is 4. The largest absolute Gasteiger partial charge is 0.375 e. The van der Waals surface area contributed by atoms with Crippen molar-refractivity contribution in [2.75, 3.05) is 19.7 Å². The first-order valence-corrected chi connectivity index (χ1v) is 6.46. The molecule has 0 bridgehead atoms. The van der Waals surface area contributed by atoms with E-state index in [9.17, 15) is 4.79 Å². The van der Waals surface area contributed by atoms with Crippen molar-refractivity contribution in [2.24, 2.45) is 0 Å². The summed E-state index contributed by atoms with van der Waals surface area (Å²) in [6.45, 7) is 2.72. The summed E-state index contributed by atoms with van der Waals surface area (Å²) in [4.78, 5) is 11.7. The Bertz CT molecular complexity index is 409. The molecule has 1 aromatic rings. The van der Waals surface area contributed by atoms with Crippen LogP contribution in [0.3, 0.4) is 0 Å². The highest BCUT2D eigenvalue weighted by molar-refractivity contribution is 6.31. The van der Waals surface area contributed by atoms with E-state index in [0.717, 1.165) is 18.7 Å². The Hall–Kier alpha value is -0.810. The van der Waals surface area contributed by atoms with Crippen LogP contribution >= 0.6 is 24.0 Å². The smallest absolute Gasteiger partial charge is 0.222 e. The molecule has 2 N–H and O–H groups in total. The fraction of sp³-hybridized carbons (Fsp3) is 0.462. The van der Waals surface area contributed by atoms with Crippen LogP contribution in [0, 0.1) is 0 Å². The normalized spacial score (nSPS) is 18.5. The third-order valence-electron chi connectivity index (χ3n) is 2.85. The first-order chi connectivity index (χ1) is 8.75. The second-order valence-electron chi connectivity index (χ2n) is 4.27. The molecule has 19 heavy (non-hydrogen) atoms. The van der Waals surface area contributed by atoms with Gasteiger partial charge >= 0.3 is 0 Å². The van der Waals surface area contributed by atoms with Crippen LogP contribution in [0.4, 0.5) is 0 Å². The molecule has 6 heteroatoms. The Labute approximate surface area is 124 Å². The number of nitrogens with one attached hydrogen (secondary N) is 2. The Kier molecular flexibility index (Phi) is 7.16. The molecule has 1 unspecified atom stereocenters. The Morgan fingerprint density at radius 2 is 2.26 bits per heavy atom. The molecule has 0 saturated carbocycles. The monoisotopic (exact) mass is 304 g/mol. The zero-order valence-corrected chi connectivity index (χ0v) is 12.1. The van der Waals surface area contributed by atoms with Gasteiger partial charge in [-0.25, -0.2) is 0 Å². The summed E-state index contributed by atoms with van der Waals surface area (Å²) in [7, 11) is 0. The summed E-state index contributed by atoms with van der Waals surface area (Å²) >= 11 is 6.01. The van der Waals surface area contributed by atoms with Crippen LogP contribution < -0.4 is 10.6 Å². The number of hydrogen-bond acceptors (Lipinski definition) is 3. The van der Waals surface area contributed by atoms with Crippen LogP contribution in [0.2, 0.25) is 5.02 Å². The molecule has 1 amide bonds. The molecule has 0 aliphatic carbocycles. The van der Waals surface area contributed by atoms with Gasteiger partial charge in [0.1, 0.15) is 0 Å². The number of carbonyl (C=O) groups is 1. The van der Waals surface area contributed by atoms with Gasteiger partial charge in [0.2, 0.25) is 5.91 Å². The Balaban J connectivity index is 0.00000180. The Morgan fingerprint density at radius 1 is 1.47 bits per heavy atom. The Morgan fingerprint density at radius 3 is 2.95 bits per heavy atom. The van der Waals surface area contributed by atoms with Crippen LogP contribution in [0.15, 0.2) is 24.3 Å². The molecule has 0 radical (unpaired) electrons. The average molecular weight is 305 g/mol. The fourth-order valence-electron chi connectivity index (χ4n) is 1.87. The van der Waals surface area contributed by atoms with Crippen molar-refractivity contribution in [1.82, 2.24) is 10.6 Å². The van der Waals surface area contributed by atoms with Crippen molar-refractivity contribution < 1.29 is 9.53 Å². The quantitative estimate of drug-likeness (QED) is 0.891. The van der Waals surface area contributed by atoms with Gasteiger partial charge < -0.3 is 15.4 Å². The molecular formula is C13H18Cl2N2O2. The molecule has 0 spiro atoms. The predicted molar refractivity (Wildman–Crippen MR) is 77.8 cm³/mol. The maximum Gasteiger partial charge on any atom is 0.222 e. The van der Waals surface area contributed by atoms with Crippen molar-refractivity contribution in [1.29, 1.82) is 0 Å². The molecule has 1 heterocycles. The zero-order chi connectivity index (χ0) is 12.8. The lowest BCUT2D eigenvalue weighted by Gasteiger charge is -2.23. The van der Waals surface area contributed by atoms with Crippen molar-refractivity contribution in [3.63, 3.8) is 0 Å². The van der Waals surface area contributed by atoms with Gasteiger partial charge in [0.05, 0.1) is 19.1 Å². The van der Waals surface area contributed by atoms with Crippen LogP contribution in [-0.2, 0) is 16.1 Å². The van der Waals surface area contributed by atoms with Gasteiger partial charge in [0, 0.05) is 24.7 Å². The zero-order valence-electron chi connectivity index (χ0n) is 10.5. The minimum atomic E-state index is -0.0232. The number of carbonyl (C=O) groups excluding carboxylic acids is 1. The minimum Gasteiger partial charge on any atom is -0.375 e. The number of morpholine rings is 1. The topological polar surface area (TPSA) is 50.4 Å². The van der Waals surface area contributed by atoms with Crippen LogP contribution in [-0.4, -0.2) is 31.7 Å². The molecule has 1 aliphatic heterocycles. The minimum absolute atomic E-state index is 0. The molecule has 1 fully saturated rings. The van der Waals surface area contributed by atoms with Crippen molar-refractivity contribution >= 4 is 29.9 Å². The standard InChI is InChI=1S/C13H17ClN2O2.ClH/c14-12-4-2-1-3-10(12)8-16-13(17)7-11-9-15-5-6-18-11;/h1-4,11,15H,5-9H2,(H,16,17);1H. The number of amides is 1. The van der Waals surface area contributed by atoms with Gasteiger partial charge in [0.15, 0.2) is 0 Å². The molecule has 1 aromatic carbocycles. The fourth-order valence-corrected chi connectivity index (χ4v) is 2.07. The van der Waals surface area contributed by atoms with E-state index in [0.29, 0.717) is 24.6 Å². The summed E-state index contributed by atoms with van der Waals surface area (Å²) in [6, 6.07) is 7.50. The molecule has 0 aromatic heterocycles. The van der Waals surface area contributed by atoms with E-state index < -0.39 is 0 Å². The van der Waals surface area contributed by atoms with Gasteiger partial charge in [-0.1, -0.05) is 29.8 Å². The number of hydrogen-bond donors (Lipinski definition) is 2. The number of ether oxygens (including phenoxy) is 1. The van der Waals surface area contributed by atoms with E-state index in [-0.39, 0.29) is 24.4 Å². The van der Waals surface area contributed by atoms with Crippen molar-refractivity contribution in [3.8, 4) is 0 Å². The molecule has 1 atom stereocenters. The van der Waals surface area contributed by atoms with Gasteiger partial charge in [-0.15, -0.1) is 12.4 Å². The van der Waals surface area contributed by atoms with E-state index >= 15 is 0 Å².